The highest BCUT2D eigenvalue weighted by atomic mass is 19.1. The van der Waals surface area contributed by atoms with Crippen molar-refractivity contribution in [3.8, 4) is 5.75 Å². The van der Waals surface area contributed by atoms with E-state index in [2.05, 4.69) is 4.74 Å². The van der Waals surface area contributed by atoms with Gasteiger partial charge in [0.25, 0.3) is 0 Å². The number of hydrogen-bond donors (Lipinski definition) is 0. The standard InChI is InChI=1S/C17H21FO4/c1-11(19)13-5-8-16(15(18)10-13)22-14-6-3-12(4-7-14)9-17(20)21-2/h5,8,10,12,14H,3-4,6-7,9H2,1-2H3/t12-,14+. The van der Waals surface area contributed by atoms with Gasteiger partial charge in [-0.15, -0.1) is 0 Å². The highest BCUT2D eigenvalue weighted by Crippen LogP contribution is 2.30. The van der Waals surface area contributed by atoms with Gasteiger partial charge in [-0.05, 0) is 56.7 Å². The van der Waals surface area contributed by atoms with Crippen LogP contribution in [0.2, 0.25) is 0 Å². The third-order valence-corrected chi connectivity index (χ3v) is 4.11. The molecular formula is C17H21FO4. The molecule has 0 radical (unpaired) electrons. The Kier molecular flexibility index (Phi) is 5.52. The molecule has 0 unspecified atom stereocenters. The molecular weight excluding hydrogens is 287 g/mol. The van der Waals surface area contributed by atoms with Crippen molar-refractivity contribution in [2.45, 2.75) is 45.1 Å². The molecule has 0 atom stereocenters. The van der Waals surface area contributed by atoms with E-state index in [4.69, 9.17) is 4.74 Å². The minimum absolute atomic E-state index is 0.0495. The Morgan fingerprint density at radius 2 is 1.91 bits per heavy atom. The molecule has 1 aromatic rings. The molecule has 1 aliphatic carbocycles. The Morgan fingerprint density at radius 1 is 1.23 bits per heavy atom. The van der Waals surface area contributed by atoms with E-state index >= 15 is 0 Å². The maximum Gasteiger partial charge on any atom is 0.305 e. The summed E-state index contributed by atoms with van der Waals surface area (Å²) in [6.45, 7) is 1.40. The highest BCUT2D eigenvalue weighted by molar-refractivity contribution is 5.94. The van der Waals surface area contributed by atoms with Crippen molar-refractivity contribution in [1.29, 1.82) is 0 Å². The Hall–Kier alpha value is -1.91. The van der Waals surface area contributed by atoms with Gasteiger partial charge in [0.05, 0.1) is 13.2 Å². The lowest BCUT2D eigenvalue weighted by atomic mass is 9.85. The summed E-state index contributed by atoms with van der Waals surface area (Å²) in [4.78, 5) is 22.5. The van der Waals surface area contributed by atoms with Gasteiger partial charge >= 0.3 is 5.97 Å². The monoisotopic (exact) mass is 308 g/mol. The van der Waals surface area contributed by atoms with Crippen LogP contribution in [-0.2, 0) is 9.53 Å². The van der Waals surface area contributed by atoms with E-state index in [0.717, 1.165) is 25.7 Å². The molecule has 0 amide bonds. The summed E-state index contributed by atoms with van der Waals surface area (Å²) in [6, 6.07) is 4.29. The Balaban J connectivity index is 1.88. The van der Waals surface area contributed by atoms with Crippen LogP contribution in [-0.4, -0.2) is 25.0 Å². The van der Waals surface area contributed by atoms with Gasteiger partial charge in [-0.2, -0.15) is 0 Å². The van der Waals surface area contributed by atoms with Gasteiger partial charge in [0.2, 0.25) is 0 Å². The lowest BCUT2D eigenvalue weighted by Gasteiger charge is -2.28. The smallest absolute Gasteiger partial charge is 0.305 e. The molecule has 22 heavy (non-hydrogen) atoms. The molecule has 0 bridgehead atoms. The molecule has 0 aromatic heterocycles. The zero-order valence-electron chi connectivity index (χ0n) is 12.9. The normalized spacial score (nSPS) is 21.2. The lowest BCUT2D eigenvalue weighted by Crippen LogP contribution is -2.25. The van der Waals surface area contributed by atoms with Crippen molar-refractivity contribution in [2.24, 2.45) is 5.92 Å². The maximum atomic E-state index is 13.9. The number of ketones is 1. The second kappa shape index (κ2) is 7.38. The number of rotatable bonds is 5. The van der Waals surface area contributed by atoms with Crippen LogP contribution in [0.25, 0.3) is 0 Å². The summed E-state index contributed by atoms with van der Waals surface area (Å²) >= 11 is 0. The van der Waals surface area contributed by atoms with E-state index in [1.54, 1.807) is 6.07 Å². The summed E-state index contributed by atoms with van der Waals surface area (Å²) in [6.07, 6.45) is 3.70. The molecule has 1 aliphatic rings. The van der Waals surface area contributed by atoms with Gasteiger partial charge in [-0.3, -0.25) is 9.59 Å². The topological polar surface area (TPSA) is 52.6 Å². The van der Waals surface area contributed by atoms with E-state index in [9.17, 15) is 14.0 Å². The fourth-order valence-electron chi connectivity index (χ4n) is 2.77. The number of ether oxygens (including phenoxy) is 2. The third kappa shape index (κ3) is 4.29. The van der Waals surface area contributed by atoms with Crippen LogP contribution in [0.3, 0.4) is 0 Å². The van der Waals surface area contributed by atoms with Crippen LogP contribution in [0.1, 0.15) is 49.4 Å². The van der Waals surface area contributed by atoms with Gasteiger partial charge < -0.3 is 9.47 Å². The summed E-state index contributed by atoms with van der Waals surface area (Å²) < 4.78 is 24.3. The Bertz CT molecular complexity index is 548. The first-order valence-corrected chi connectivity index (χ1v) is 7.53. The number of Topliss-reactive ketones (excluding diaryl/α,β-unsaturated/α-hetero) is 1. The minimum atomic E-state index is -0.510. The van der Waals surface area contributed by atoms with Crippen LogP contribution in [0.5, 0.6) is 5.75 Å². The largest absolute Gasteiger partial charge is 0.487 e. The van der Waals surface area contributed by atoms with Crippen molar-refractivity contribution < 1.29 is 23.5 Å². The molecule has 0 aliphatic heterocycles. The van der Waals surface area contributed by atoms with Crippen LogP contribution in [0.4, 0.5) is 4.39 Å². The molecule has 1 fully saturated rings. The van der Waals surface area contributed by atoms with Gasteiger partial charge in [-0.1, -0.05) is 0 Å². The first kappa shape index (κ1) is 16.5. The van der Waals surface area contributed by atoms with Crippen molar-refractivity contribution >= 4 is 11.8 Å². The third-order valence-electron chi connectivity index (χ3n) is 4.11. The van der Waals surface area contributed by atoms with Crippen molar-refractivity contribution in [3.63, 3.8) is 0 Å². The number of carbonyl (C=O) groups excluding carboxylic acids is 2. The number of halogens is 1. The van der Waals surface area contributed by atoms with Gasteiger partial charge in [0.1, 0.15) is 0 Å². The second-order valence-corrected chi connectivity index (χ2v) is 5.74. The maximum absolute atomic E-state index is 13.9. The van der Waals surface area contributed by atoms with Crippen LogP contribution in [0.15, 0.2) is 18.2 Å². The van der Waals surface area contributed by atoms with E-state index in [1.807, 2.05) is 0 Å². The molecule has 0 heterocycles. The molecule has 0 spiro atoms. The Morgan fingerprint density at radius 3 is 2.45 bits per heavy atom. The first-order valence-electron chi connectivity index (χ1n) is 7.53. The second-order valence-electron chi connectivity index (χ2n) is 5.74. The summed E-state index contributed by atoms with van der Waals surface area (Å²) in [5.41, 5.74) is 0.339. The fourth-order valence-corrected chi connectivity index (χ4v) is 2.77. The summed E-state index contributed by atoms with van der Waals surface area (Å²) in [7, 11) is 1.39. The van der Waals surface area contributed by atoms with Crippen molar-refractivity contribution in [1.82, 2.24) is 0 Å². The molecule has 1 saturated carbocycles. The summed E-state index contributed by atoms with van der Waals surface area (Å²) in [5, 5.41) is 0. The van der Waals surface area contributed by atoms with E-state index in [0.29, 0.717) is 17.9 Å². The van der Waals surface area contributed by atoms with Gasteiger partial charge in [0.15, 0.2) is 17.3 Å². The SMILES string of the molecule is COC(=O)C[C@H]1CC[C@@H](Oc2ccc(C(C)=O)cc2F)CC1. The molecule has 0 N–H and O–H groups in total. The Labute approximate surface area is 129 Å². The van der Waals surface area contributed by atoms with Crippen molar-refractivity contribution in [2.75, 3.05) is 7.11 Å². The number of carbonyl (C=O) groups is 2. The summed E-state index contributed by atoms with van der Waals surface area (Å²) in [5.74, 6) is -0.368. The molecule has 0 saturated heterocycles. The van der Waals surface area contributed by atoms with Crippen molar-refractivity contribution in [3.05, 3.63) is 29.6 Å². The first-order chi connectivity index (χ1) is 10.5. The van der Waals surface area contributed by atoms with Gasteiger partial charge in [-0.25, -0.2) is 4.39 Å². The number of esters is 1. The molecule has 120 valence electrons. The van der Waals surface area contributed by atoms with E-state index in [1.165, 1.54) is 26.2 Å². The molecule has 2 rings (SSSR count). The van der Waals surface area contributed by atoms with Gasteiger partial charge in [0, 0.05) is 12.0 Å². The zero-order chi connectivity index (χ0) is 16.1. The minimum Gasteiger partial charge on any atom is -0.487 e. The number of hydrogen-bond acceptors (Lipinski definition) is 4. The average Bonchev–Trinajstić information content (AvgIpc) is 2.50. The lowest BCUT2D eigenvalue weighted by molar-refractivity contribution is -0.142. The number of methoxy groups -OCH3 is 1. The molecule has 1 aromatic carbocycles. The van der Waals surface area contributed by atoms with Crippen LogP contribution in [0, 0.1) is 11.7 Å². The van der Waals surface area contributed by atoms with E-state index < -0.39 is 5.82 Å². The fraction of sp³-hybridized carbons (Fsp3) is 0.529. The predicted molar refractivity (Wildman–Crippen MR) is 79.4 cm³/mol. The molecule has 4 nitrogen and oxygen atoms in total. The van der Waals surface area contributed by atoms with Crippen LogP contribution >= 0.6 is 0 Å². The average molecular weight is 308 g/mol. The van der Waals surface area contributed by atoms with Crippen LogP contribution < -0.4 is 4.74 Å². The predicted octanol–water partition coefficient (Wildman–Crippen LogP) is 3.53. The quantitative estimate of drug-likeness (QED) is 0.617. The number of benzene rings is 1. The zero-order valence-corrected chi connectivity index (χ0v) is 12.9. The highest BCUT2D eigenvalue weighted by Gasteiger charge is 2.25. The molecule has 5 heteroatoms. The van der Waals surface area contributed by atoms with E-state index in [-0.39, 0.29) is 23.6 Å².